The van der Waals surface area contributed by atoms with Gasteiger partial charge in [0.2, 0.25) is 0 Å². The zero-order valence-electron chi connectivity index (χ0n) is 24.1. The Balaban J connectivity index is 0.00000481. The van der Waals surface area contributed by atoms with Crippen LogP contribution in [0.5, 0.6) is 5.75 Å². The van der Waals surface area contributed by atoms with Gasteiger partial charge in [-0.15, -0.1) is 17.0 Å². The van der Waals surface area contributed by atoms with Gasteiger partial charge in [0.15, 0.2) is 5.78 Å². The summed E-state index contributed by atoms with van der Waals surface area (Å²) in [6, 6.07) is 14.5. The van der Waals surface area contributed by atoms with Gasteiger partial charge in [0, 0.05) is 35.7 Å². The summed E-state index contributed by atoms with van der Waals surface area (Å²) in [6.07, 6.45) is 3.21. The van der Waals surface area contributed by atoms with Crippen LogP contribution < -0.4 is 0 Å². The molecule has 5 heteroatoms. The van der Waals surface area contributed by atoms with Crippen molar-refractivity contribution in [2.24, 2.45) is 16.8 Å². The van der Waals surface area contributed by atoms with Crippen LogP contribution in [-0.2, 0) is 17.3 Å². The van der Waals surface area contributed by atoms with Gasteiger partial charge in [-0.25, -0.2) is 0 Å². The summed E-state index contributed by atoms with van der Waals surface area (Å²) < 4.78 is 0. The number of carbonyl (C=O) groups is 1. The fourth-order valence-electron chi connectivity index (χ4n) is 5.47. The summed E-state index contributed by atoms with van der Waals surface area (Å²) in [4.78, 5) is 20.9. The maximum Gasteiger partial charge on any atom is 0.182 e. The van der Waals surface area contributed by atoms with Crippen molar-refractivity contribution in [3.05, 3.63) is 64.7 Å². The molecule has 4 nitrogen and oxygen atoms in total. The first kappa shape index (κ1) is 31.1. The van der Waals surface area contributed by atoms with E-state index in [2.05, 4.69) is 90.6 Å². The Labute approximate surface area is 235 Å². The summed E-state index contributed by atoms with van der Waals surface area (Å²) in [5.74, 6) is 2.30. The predicted octanol–water partition coefficient (Wildman–Crippen LogP) is 7.76. The Morgan fingerprint density at radius 3 is 2.05 bits per heavy atom. The van der Waals surface area contributed by atoms with E-state index in [-0.39, 0.29) is 33.6 Å². The molecule has 1 fully saturated rings. The number of rotatable bonds is 8. The number of phenols is 1. The Kier molecular flexibility index (Phi) is 10.6. The molecular formula is C32H47BrN2O2. The SMILES string of the molecule is Br.CCCC1CN(CC(=O)c2cc(C(C)(C)C)c(O)c(C(C)(C)C)c2)C(=NCC)C1Cc1ccccc1. The molecule has 1 saturated heterocycles. The lowest BCUT2D eigenvalue weighted by molar-refractivity contribution is 0.0963. The van der Waals surface area contributed by atoms with Gasteiger partial charge in [0.25, 0.3) is 0 Å². The molecule has 0 amide bonds. The van der Waals surface area contributed by atoms with Crippen LogP contribution >= 0.6 is 17.0 Å². The van der Waals surface area contributed by atoms with Crippen LogP contribution in [0.2, 0.25) is 0 Å². The molecule has 1 aliphatic rings. The number of likely N-dealkylation sites (tertiary alicyclic amines) is 1. The minimum absolute atomic E-state index is 0. The molecule has 0 bridgehead atoms. The van der Waals surface area contributed by atoms with Gasteiger partial charge in [-0.1, -0.05) is 85.2 Å². The molecule has 3 rings (SSSR count). The molecule has 0 saturated carbocycles. The van der Waals surface area contributed by atoms with Crippen molar-refractivity contribution in [2.75, 3.05) is 19.6 Å². The number of benzene rings is 2. The Morgan fingerprint density at radius 2 is 1.57 bits per heavy atom. The molecule has 0 radical (unpaired) electrons. The molecule has 1 aliphatic heterocycles. The lowest BCUT2D eigenvalue weighted by Gasteiger charge is -2.28. The molecule has 2 atom stereocenters. The van der Waals surface area contributed by atoms with Gasteiger partial charge in [-0.2, -0.15) is 0 Å². The molecule has 1 heterocycles. The molecule has 2 aromatic rings. The Bertz CT molecular complexity index is 1050. The smallest absolute Gasteiger partial charge is 0.182 e. The van der Waals surface area contributed by atoms with Crippen molar-refractivity contribution in [2.45, 2.75) is 85.5 Å². The van der Waals surface area contributed by atoms with E-state index in [4.69, 9.17) is 4.99 Å². The minimum atomic E-state index is -0.268. The van der Waals surface area contributed by atoms with E-state index in [0.29, 0.717) is 36.2 Å². The van der Waals surface area contributed by atoms with Gasteiger partial charge >= 0.3 is 0 Å². The number of phenolic OH excluding ortho intramolecular Hbond substituents is 1. The molecule has 37 heavy (non-hydrogen) atoms. The first-order chi connectivity index (χ1) is 16.9. The number of nitrogens with zero attached hydrogens (tertiary/aromatic N) is 2. The molecule has 0 aliphatic carbocycles. The van der Waals surface area contributed by atoms with E-state index < -0.39 is 0 Å². The van der Waals surface area contributed by atoms with Gasteiger partial charge in [0.1, 0.15) is 11.6 Å². The van der Waals surface area contributed by atoms with E-state index in [1.165, 1.54) is 5.56 Å². The Hall–Kier alpha value is -2.14. The first-order valence-electron chi connectivity index (χ1n) is 13.6. The van der Waals surface area contributed by atoms with Crippen molar-refractivity contribution in [1.29, 1.82) is 0 Å². The first-order valence-corrected chi connectivity index (χ1v) is 13.6. The van der Waals surface area contributed by atoms with Crippen LogP contribution in [0.1, 0.15) is 95.3 Å². The monoisotopic (exact) mass is 570 g/mol. The fraction of sp³-hybridized carbons (Fsp3) is 0.562. The third kappa shape index (κ3) is 7.46. The van der Waals surface area contributed by atoms with Crippen LogP contribution in [0.3, 0.4) is 0 Å². The maximum absolute atomic E-state index is 13.8. The summed E-state index contributed by atoms with van der Waals surface area (Å²) in [6.45, 7) is 18.7. The summed E-state index contributed by atoms with van der Waals surface area (Å²) in [5, 5.41) is 11.1. The maximum atomic E-state index is 13.8. The molecule has 1 N–H and O–H groups in total. The lowest BCUT2D eigenvalue weighted by atomic mass is 9.78. The zero-order valence-corrected chi connectivity index (χ0v) is 25.8. The van der Waals surface area contributed by atoms with Crippen LogP contribution in [0.25, 0.3) is 0 Å². The highest BCUT2D eigenvalue weighted by atomic mass is 79.9. The standard InChI is InChI=1S/C32H46N2O2.BrH/c1-9-14-23-20-34(30(33-10-2)25(23)17-22-15-12-11-13-16-22)21-28(35)24-18-26(31(3,4)5)29(36)27(19-24)32(6,7)8;/h11-13,15-16,18-19,23,25,36H,9-10,14,17,20-21H2,1-8H3;1H. The topological polar surface area (TPSA) is 52.9 Å². The van der Waals surface area contributed by atoms with Gasteiger partial charge in [0.05, 0.1) is 6.54 Å². The van der Waals surface area contributed by atoms with Crippen molar-refractivity contribution in [3.8, 4) is 5.75 Å². The molecule has 0 aromatic heterocycles. The molecule has 2 unspecified atom stereocenters. The van der Waals surface area contributed by atoms with Crippen LogP contribution in [0.15, 0.2) is 47.5 Å². The summed E-state index contributed by atoms with van der Waals surface area (Å²) >= 11 is 0. The third-order valence-corrected chi connectivity index (χ3v) is 7.34. The third-order valence-electron chi connectivity index (χ3n) is 7.34. The fourth-order valence-corrected chi connectivity index (χ4v) is 5.47. The average molecular weight is 572 g/mol. The van der Waals surface area contributed by atoms with Gasteiger partial charge < -0.3 is 10.0 Å². The number of Topliss-reactive ketones (excluding diaryl/α,β-unsaturated/α-hetero) is 1. The highest BCUT2D eigenvalue weighted by Gasteiger charge is 2.38. The zero-order chi connectivity index (χ0) is 26.7. The Morgan fingerprint density at radius 1 is 1.00 bits per heavy atom. The number of halogens is 1. The number of amidine groups is 1. The van der Waals surface area contributed by atoms with Crippen LogP contribution in [0.4, 0.5) is 0 Å². The van der Waals surface area contributed by atoms with Crippen molar-refractivity contribution in [1.82, 2.24) is 4.90 Å². The van der Waals surface area contributed by atoms with E-state index in [9.17, 15) is 9.90 Å². The average Bonchev–Trinajstić information content (AvgIpc) is 3.09. The predicted molar refractivity (Wildman–Crippen MR) is 162 cm³/mol. The quantitative estimate of drug-likeness (QED) is 0.330. The van der Waals surface area contributed by atoms with Crippen LogP contribution in [0, 0.1) is 11.8 Å². The number of hydrogen-bond acceptors (Lipinski definition) is 3. The highest BCUT2D eigenvalue weighted by molar-refractivity contribution is 8.93. The number of carbonyl (C=O) groups excluding carboxylic acids is 1. The molecular weight excluding hydrogens is 524 g/mol. The minimum Gasteiger partial charge on any atom is -0.507 e. The summed E-state index contributed by atoms with van der Waals surface area (Å²) in [7, 11) is 0. The van der Waals surface area contributed by atoms with E-state index in [0.717, 1.165) is 42.8 Å². The molecule has 0 spiro atoms. The van der Waals surface area contributed by atoms with E-state index in [1.807, 2.05) is 12.1 Å². The second kappa shape index (κ2) is 12.6. The van der Waals surface area contributed by atoms with E-state index >= 15 is 0 Å². The number of ketones is 1. The second-order valence-electron chi connectivity index (χ2n) is 12.4. The largest absolute Gasteiger partial charge is 0.507 e. The second-order valence-corrected chi connectivity index (χ2v) is 12.4. The summed E-state index contributed by atoms with van der Waals surface area (Å²) in [5.41, 5.74) is 3.12. The van der Waals surface area contributed by atoms with Crippen molar-refractivity contribution in [3.63, 3.8) is 0 Å². The number of aliphatic imine (C=N–C) groups is 1. The molecule has 2 aromatic carbocycles. The normalized spacial score (nSPS) is 19.2. The van der Waals surface area contributed by atoms with Gasteiger partial charge in [-0.05, 0) is 54.2 Å². The van der Waals surface area contributed by atoms with Crippen molar-refractivity contribution >= 4 is 28.6 Å². The number of aromatic hydroxyl groups is 1. The van der Waals surface area contributed by atoms with Crippen LogP contribution in [-0.4, -0.2) is 41.3 Å². The van der Waals surface area contributed by atoms with Crippen molar-refractivity contribution < 1.29 is 9.90 Å². The van der Waals surface area contributed by atoms with Gasteiger partial charge in [-0.3, -0.25) is 9.79 Å². The molecule has 204 valence electrons. The number of hydrogen-bond donors (Lipinski definition) is 1. The lowest BCUT2D eigenvalue weighted by Crippen LogP contribution is -2.34. The van der Waals surface area contributed by atoms with E-state index in [1.54, 1.807) is 0 Å². The highest BCUT2D eigenvalue weighted by Crippen LogP contribution is 2.40.